The van der Waals surface area contributed by atoms with Crippen LogP contribution in [0.1, 0.15) is 49.0 Å². The van der Waals surface area contributed by atoms with Gasteiger partial charge in [0.25, 0.3) is 0 Å². The molecule has 0 aromatic heterocycles. The predicted molar refractivity (Wildman–Crippen MR) is 58.3 cm³/mol. The van der Waals surface area contributed by atoms with Gasteiger partial charge in [-0.25, -0.2) is 0 Å². The van der Waals surface area contributed by atoms with E-state index in [9.17, 15) is 5.11 Å². The molecule has 1 aromatic carbocycles. The van der Waals surface area contributed by atoms with Crippen LogP contribution in [0, 0.1) is 0 Å². The van der Waals surface area contributed by atoms with Crippen LogP contribution >= 0.6 is 0 Å². The van der Waals surface area contributed by atoms with Gasteiger partial charge in [0.1, 0.15) is 0 Å². The maximum atomic E-state index is 9.96. The van der Waals surface area contributed by atoms with Crippen molar-refractivity contribution in [2.75, 3.05) is 0 Å². The SMILES string of the molecule is CCc1ccc2c(c1)C(O)CCCC2. The van der Waals surface area contributed by atoms with E-state index < -0.39 is 0 Å². The average Bonchev–Trinajstić information content (AvgIpc) is 2.40. The summed E-state index contributed by atoms with van der Waals surface area (Å²) in [5, 5.41) is 9.96. The predicted octanol–water partition coefficient (Wildman–Crippen LogP) is 3.01. The Labute approximate surface area is 85.8 Å². The highest BCUT2D eigenvalue weighted by molar-refractivity contribution is 5.34. The number of rotatable bonds is 1. The van der Waals surface area contributed by atoms with Crippen LogP contribution < -0.4 is 0 Å². The maximum absolute atomic E-state index is 9.96. The third kappa shape index (κ3) is 1.83. The van der Waals surface area contributed by atoms with Crippen molar-refractivity contribution < 1.29 is 5.11 Å². The van der Waals surface area contributed by atoms with Crippen molar-refractivity contribution in [3.8, 4) is 0 Å². The van der Waals surface area contributed by atoms with Crippen molar-refractivity contribution in [2.45, 2.75) is 45.1 Å². The molecule has 76 valence electrons. The summed E-state index contributed by atoms with van der Waals surface area (Å²) in [6.45, 7) is 2.16. The van der Waals surface area contributed by atoms with Gasteiger partial charge in [-0.2, -0.15) is 0 Å². The summed E-state index contributed by atoms with van der Waals surface area (Å²) in [5.41, 5.74) is 3.87. The van der Waals surface area contributed by atoms with Crippen LogP contribution in [-0.2, 0) is 12.8 Å². The number of fused-ring (bicyclic) bond motifs is 1. The van der Waals surface area contributed by atoms with Gasteiger partial charge in [0.15, 0.2) is 0 Å². The first kappa shape index (κ1) is 9.72. The van der Waals surface area contributed by atoms with Crippen LogP contribution in [0.5, 0.6) is 0 Å². The Hall–Kier alpha value is -0.820. The molecule has 0 fully saturated rings. The number of benzene rings is 1. The smallest absolute Gasteiger partial charge is 0.0792 e. The fourth-order valence-electron chi connectivity index (χ4n) is 2.21. The standard InChI is InChI=1S/C13H18O/c1-2-10-7-8-11-5-3-4-6-13(14)12(11)9-10/h7-9,13-14H,2-6H2,1H3. The summed E-state index contributed by atoms with van der Waals surface area (Å²) < 4.78 is 0. The van der Waals surface area contributed by atoms with Crippen LogP contribution in [0.3, 0.4) is 0 Å². The molecule has 0 bridgehead atoms. The molecule has 1 unspecified atom stereocenters. The lowest BCUT2D eigenvalue weighted by Crippen LogP contribution is -1.99. The van der Waals surface area contributed by atoms with Crippen molar-refractivity contribution in [1.29, 1.82) is 0 Å². The molecule has 0 radical (unpaired) electrons. The van der Waals surface area contributed by atoms with Crippen molar-refractivity contribution in [3.63, 3.8) is 0 Å². The van der Waals surface area contributed by atoms with Gasteiger partial charge in [-0.05, 0) is 42.4 Å². The molecule has 1 nitrogen and oxygen atoms in total. The molecule has 14 heavy (non-hydrogen) atoms. The highest BCUT2D eigenvalue weighted by Gasteiger charge is 2.15. The second-order valence-electron chi connectivity index (χ2n) is 4.15. The van der Waals surface area contributed by atoms with Gasteiger partial charge in [0.2, 0.25) is 0 Å². The summed E-state index contributed by atoms with van der Waals surface area (Å²) in [5.74, 6) is 0. The van der Waals surface area contributed by atoms with E-state index in [0.29, 0.717) is 0 Å². The first-order chi connectivity index (χ1) is 6.81. The van der Waals surface area contributed by atoms with Gasteiger partial charge in [0.05, 0.1) is 6.10 Å². The molecule has 0 saturated carbocycles. The molecule has 1 N–H and O–H groups in total. The second-order valence-corrected chi connectivity index (χ2v) is 4.15. The van der Waals surface area contributed by atoms with Crippen molar-refractivity contribution in [3.05, 3.63) is 34.9 Å². The van der Waals surface area contributed by atoms with E-state index in [1.165, 1.54) is 23.1 Å². The van der Waals surface area contributed by atoms with Gasteiger partial charge in [-0.15, -0.1) is 0 Å². The topological polar surface area (TPSA) is 20.2 Å². The minimum absolute atomic E-state index is 0.223. The summed E-state index contributed by atoms with van der Waals surface area (Å²) in [7, 11) is 0. The first-order valence-electron chi connectivity index (χ1n) is 5.61. The molecule has 0 spiro atoms. The molecule has 0 amide bonds. The van der Waals surface area contributed by atoms with Crippen molar-refractivity contribution >= 4 is 0 Å². The second kappa shape index (κ2) is 4.14. The third-order valence-electron chi connectivity index (χ3n) is 3.15. The van der Waals surface area contributed by atoms with Gasteiger partial charge in [-0.3, -0.25) is 0 Å². The Bertz CT molecular complexity index is 317. The van der Waals surface area contributed by atoms with Crippen molar-refractivity contribution in [1.82, 2.24) is 0 Å². The lowest BCUT2D eigenvalue weighted by Gasteiger charge is -2.12. The molecule has 2 rings (SSSR count). The Morgan fingerprint density at radius 2 is 2.21 bits per heavy atom. The van der Waals surface area contributed by atoms with E-state index in [1.807, 2.05) is 0 Å². The molecular formula is C13H18O. The molecule has 1 atom stereocenters. The maximum Gasteiger partial charge on any atom is 0.0792 e. The summed E-state index contributed by atoms with van der Waals surface area (Å²) in [6, 6.07) is 6.57. The number of aliphatic hydroxyl groups is 1. The fraction of sp³-hybridized carbons (Fsp3) is 0.538. The van der Waals surface area contributed by atoms with Crippen LogP contribution in [0.2, 0.25) is 0 Å². The van der Waals surface area contributed by atoms with E-state index in [0.717, 1.165) is 25.7 Å². The Kier molecular flexibility index (Phi) is 2.87. The van der Waals surface area contributed by atoms with Gasteiger partial charge in [0, 0.05) is 0 Å². The Morgan fingerprint density at radius 1 is 1.36 bits per heavy atom. The van der Waals surface area contributed by atoms with Crippen LogP contribution in [-0.4, -0.2) is 5.11 Å². The van der Waals surface area contributed by atoms with Gasteiger partial charge < -0.3 is 5.11 Å². The largest absolute Gasteiger partial charge is 0.388 e. The van der Waals surface area contributed by atoms with E-state index in [1.54, 1.807) is 0 Å². The number of hydrogen-bond acceptors (Lipinski definition) is 1. The number of hydrogen-bond donors (Lipinski definition) is 1. The minimum Gasteiger partial charge on any atom is -0.388 e. The summed E-state index contributed by atoms with van der Waals surface area (Å²) in [6.07, 6.45) is 5.27. The minimum atomic E-state index is -0.223. The molecule has 1 aromatic rings. The number of aliphatic hydroxyl groups excluding tert-OH is 1. The highest BCUT2D eigenvalue weighted by Crippen LogP contribution is 2.29. The lowest BCUT2D eigenvalue weighted by atomic mass is 9.97. The molecule has 1 heteroatoms. The van der Waals surface area contributed by atoms with Crippen molar-refractivity contribution in [2.24, 2.45) is 0 Å². The van der Waals surface area contributed by atoms with E-state index in [2.05, 4.69) is 25.1 Å². The normalized spacial score (nSPS) is 21.4. The zero-order valence-corrected chi connectivity index (χ0v) is 8.79. The zero-order chi connectivity index (χ0) is 9.97. The van der Waals surface area contributed by atoms with Crippen LogP contribution in [0.15, 0.2) is 18.2 Å². The molecular weight excluding hydrogens is 172 g/mol. The summed E-state index contributed by atoms with van der Waals surface area (Å²) >= 11 is 0. The van der Waals surface area contributed by atoms with Gasteiger partial charge in [-0.1, -0.05) is 31.5 Å². The zero-order valence-electron chi connectivity index (χ0n) is 8.79. The third-order valence-corrected chi connectivity index (χ3v) is 3.15. The summed E-state index contributed by atoms with van der Waals surface area (Å²) in [4.78, 5) is 0. The van der Waals surface area contributed by atoms with E-state index in [-0.39, 0.29) is 6.10 Å². The van der Waals surface area contributed by atoms with Crippen LogP contribution in [0.4, 0.5) is 0 Å². The van der Waals surface area contributed by atoms with Crippen LogP contribution in [0.25, 0.3) is 0 Å². The highest BCUT2D eigenvalue weighted by atomic mass is 16.3. The Balaban J connectivity index is 2.39. The number of aryl methyl sites for hydroxylation is 2. The molecule has 0 aliphatic heterocycles. The molecule has 0 heterocycles. The lowest BCUT2D eigenvalue weighted by molar-refractivity contribution is 0.166. The first-order valence-corrected chi connectivity index (χ1v) is 5.61. The molecule has 1 aliphatic carbocycles. The van der Waals surface area contributed by atoms with E-state index >= 15 is 0 Å². The molecule has 1 aliphatic rings. The monoisotopic (exact) mass is 190 g/mol. The quantitative estimate of drug-likeness (QED) is 0.675. The fourth-order valence-corrected chi connectivity index (χ4v) is 2.21. The Morgan fingerprint density at radius 3 is 3.00 bits per heavy atom. The van der Waals surface area contributed by atoms with Gasteiger partial charge >= 0.3 is 0 Å². The van der Waals surface area contributed by atoms with E-state index in [4.69, 9.17) is 0 Å². The average molecular weight is 190 g/mol. The molecule has 0 saturated heterocycles.